The van der Waals surface area contributed by atoms with Crippen molar-refractivity contribution < 1.29 is 9.53 Å². The number of carbonyl (C=O) groups excluding carboxylic acids is 1. The monoisotopic (exact) mass is 419 g/mol. The Morgan fingerprint density at radius 2 is 1.61 bits per heavy atom. The highest BCUT2D eigenvalue weighted by atomic mass is 16.5. The Hall–Kier alpha value is -3.61. The van der Waals surface area contributed by atoms with E-state index in [1.807, 2.05) is 61.5 Å². The van der Waals surface area contributed by atoms with Gasteiger partial charge in [-0.1, -0.05) is 12.1 Å². The predicted octanol–water partition coefficient (Wildman–Crippen LogP) is 4.56. The maximum atomic E-state index is 12.3. The third kappa shape index (κ3) is 6.18. The lowest BCUT2D eigenvalue weighted by molar-refractivity contribution is -0.115. The van der Waals surface area contributed by atoms with E-state index in [0.717, 1.165) is 47.4 Å². The fourth-order valence-electron chi connectivity index (χ4n) is 3.24. The maximum Gasteiger partial charge on any atom is 0.228 e. The van der Waals surface area contributed by atoms with Crippen LogP contribution in [0.4, 0.5) is 23.0 Å². The Morgan fingerprint density at radius 1 is 0.968 bits per heavy atom. The van der Waals surface area contributed by atoms with Crippen molar-refractivity contribution in [1.29, 1.82) is 0 Å². The van der Waals surface area contributed by atoms with Crippen LogP contribution >= 0.6 is 0 Å². The van der Waals surface area contributed by atoms with E-state index >= 15 is 0 Å². The molecule has 162 valence electrons. The van der Waals surface area contributed by atoms with Crippen LogP contribution in [0.15, 0.2) is 54.6 Å². The first-order valence-corrected chi connectivity index (χ1v) is 10.4. The van der Waals surface area contributed by atoms with Gasteiger partial charge in [0.1, 0.15) is 23.2 Å². The molecule has 3 aromatic rings. The van der Waals surface area contributed by atoms with Crippen molar-refractivity contribution in [3.63, 3.8) is 0 Å². The molecule has 1 heterocycles. The summed E-state index contributed by atoms with van der Waals surface area (Å²) in [7, 11) is 1.62. The molecule has 0 saturated heterocycles. The van der Waals surface area contributed by atoms with Crippen LogP contribution < -0.4 is 20.3 Å². The molecule has 0 fully saturated rings. The summed E-state index contributed by atoms with van der Waals surface area (Å²) < 4.78 is 5.14. The van der Waals surface area contributed by atoms with Crippen molar-refractivity contribution in [2.45, 2.75) is 27.2 Å². The van der Waals surface area contributed by atoms with Gasteiger partial charge in [0, 0.05) is 30.5 Å². The molecule has 0 bridgehead atoms. The van der Waals surface area contributed by atoms with E-state index < -0.39 is 0 Å². The molecule has 0 radical (unpaired) electrons. The topological polar surface area (TPSA) is 79.4 Å². The first-order valence-electron chi connectivity index (χ1n) is 10.4. The molecule has 0 aliphatic heterocycles. The van der Waals surface area contributed by atoms with Crippen molar-refractivity contribution >= 4 is 28.9 Å². The van der Waals surface area contributed by atoms with Gasteiger partial charge in [-0.3, -0.25) is 4.79 Å². The fraction of sp³-hybridized carbons (Fsp3) is 0.292. The molecule has 3 rings (SSSR count). The van der Waals surface area contributed by atoms with Gasteiger partial charge in [-0.05, 0) is 62.7 Å². The molecule has 0 saturated carbocycles. The number of nitrogens with one attached hydrogen (secondary N) is 2. The minimum Gasteiger partial charge on any atom is -0.497 e. The van der Waals surface area contributed by atoms with Crippen molar-refractivity contribution in [2.24, 2.45) is 0 Å². The molecular formula is C24H29N5O2. The SMILES string of the molecule is CCN(CC)c1cc(Nc2ccc(NC(=O)Cc3ccc(OC)cc3)cc2)nc(C)n1. The lowest BCUT2D eigenvalue weighted by Gasteiger charge is -2.20. The van der Waals surface area contributed by atoms with Crippen LogP contribution in [0.25, 0.3) is 0 Å². The Labute approximate surface area is 183 Å². The zero-order chi connectivity index (χ0) is 22.2. The summed E-state index contributed by atoms with van der Waals surface area (Å²) >= 11 is 0. The third-order valence-electron chi connectivity index (χ3n) is 4.88. The highest BCUT2D eigenvalue weighted by Gasteiger charge is 2.08. The second kappa shape index (κ2) is 10.4. The lowest BCUT2D eigenvalue weighted by Crippen LogP contribution is -2.23. The Kier molecular flexibility index (Phi) is 7.43. The van der Waals surface area contributed by atoms with Crippen LogP contribution in [-0.4, -0.2) is 36.1 Å². The zero-order valence-corrected chi connectivity index (χ0v) is 18.5. The number of aryl methyl sites for hydroxylation is 1. The molecule has 1 amide bonds. The average molecular weight is 420 g/mol. The van der Waals surface area contributed by atoms with Crippen molar-refractivity contribution in [1.82, 2.24) is 9.97 Å². The molecule has 2 N–H and O–H groups in total. The molecule has 1 aromatic heterocycles. The molecule has 7 nitrogen and oxygen atoms in total. The van der Waals surface area contributed by atoms with E-state index in [9.17, 15) is 4.79 Å². The molecular weight excluding hydrogens is 390 g/mol. The van der Waals surface area contributed by atoms with E-state index in [-0.39, 0.29) is 5.91 Å². The highest BCUT2D eigenvalue weighted by Crippen LogP contribution is 2.21. The first-order chi connectivity index (χ1) is 15.0. The molecule has 0 spiro atoms. The van der Waals surface area contributed by atoms with Gasteiger partial charge < -0.3 is 20.3 Å². The zero-order valence-electron chi connectivity index (χ0n) is 18.5. The second-order valence-electron chi connectivity index (χ2n) is 7.11. The normalized spacial score (nSPS) is 10.5. The summed E-state index contributed by atoms with van der Waals surface area (Å²) in [6, 6.07) is 17.0. The summed E-state index contributed by atoms with van der Waals surface area (Å²) in [5.41, 5.74) is 2.56. The second-order valence-corrected chi connectivity index (χ2v) is 7.11. The van der Waals surface area contributed by atoms with Crippen molar-refractivity contribution in [2.75, 3.05) is 35.7 Å². The van der Waals surface area contributed by atoms with E-state index in [2.05, 4.69) is 39.3 Å². The summed E-state index contributed by atoms with van der Waals surface area (Å²) in [5, 5.41) is 6.25. The van der Waals surface area contributed by atoms with Crippen molar-refractivity contribution in [3.8, 4) is 5.75 Å². The van der Waals surface area contributed by atoms with Gasteiger partial charge in [0.25, 0.3) is 0 Å². The van der Waals surface area contributed by atoms with E-state index in [0.29, 0.717) is 12.2 Å². The van der Waals surface area contributed by atoms with Crippen LogP contribution in [-0.2, 0) is 11.2 Å². The van der Waals surface area contributed by atoms with Gasteiger partial charge in [0.2, 0.25) is 5.91 Å². The van der Waals surface area contributed by atoms with Crippen LogP contribution in [0.3, 0.4) is 0 Å². The number of hydrogen-bond acceptors (Lipinski definition) is 6. The van der Waals surface area contributed by atoms with Crippen LogP contribution in [0.2, 0.25) is 0 Å². The molecule has 31 heavy (non-hydrogen) atoms. The minimum absolute atomic E-state index is 0.0684. The lowest BCUT2D eigenvalue weighted by atomic mass is 10.1. The Bertz CT molecular complexity index is 999. The highest BCUT2D eigenvalue weighted by molar-refractivity contribution is 5.92. The van der Waals surface area contributed by atoms with Crippen LogP contribution in [0.5, 0.6) is 5.75 Å². The van der Waals surface area contributed by atoms with Crippen LogP contribution in [0, 0.1) is 6.92 Å². The van der Waals surface area contributed by atoms with Gasteiger partial charge in [0.15, 0.2) is 0 Å². The minimum atomic E-state index is -0.0684. The summed E-state index contributed by atoms with van der Waals surface area (Å²) in [4.78, 5) is 23.5. The van der Waals surface area contributed by atoms with Gasteiger partial charge in [0.05, 0.1) is 13.5 Å². The average Bonchev–Trinajstić information content (AvgIpc) is 2.76. The molecule has 2 aromatic carbocycles. The smallest absolute Gasteiger partial charge is 0.228 e. The standard InChI is InChI=1S/C24H29N5O2/c1-5-29(6-2)23-16-22(25-17(3)26-23)27-19-9-11-20(12-10-19)28-24(30)15-18-7-13-21(31-4)14-8-18/h7-14,16H,5-6,15H2,1-4H3,(H,28,30)(H,25,26,27). The number of ether oxygens (including phenoxy) is 1. The fourth-order valence-corrected chi connectivity index (χ4v) is 3.24. The molecule has 0 unspecified atom stereocenters. The number of rotatable bonds is 9. The predicted molar refractivity (Wildman–Crippen MR) is 125 cm³/mol. The number of nitrogens with zero attached hydrogens (tertiary/aromatic N) is 3. The maximum absolute atomic E-state index is 12.3. The van der Waals surface area contributed by atoms with Gasteiger partial charge >= 0.3 is 0 Å². The number of benzene rings is 2. The van der Waals surface area contributed by atoms with Crippen molar-refractivity contribution in [3.05, 3.63) is 66.0 Å². The first kappa shape index (κ1) is 22.1. The van der Waals surface area contributed by atoms with Gasteiger partial charge in [-0.15, -0.1) is 0 Å². The summed E-state index contributed by atoms with van der Waals surface area (Å²) in [6.07, 6.45) is 0.304. The van der Waals surface area contributed by atoms with E-state index in [4.69, 9.17) is 4.74 Å². The number of anilines is 4. The quantitative estimate of drug-likeness (QED) is 0.529. The Balaban J connectivity index is 1.61. The molecule has 7 heteroatoms. The van der Waals surface area contributed by atoms with Crippen LogP contribution in [0.1, 0.15) is 25.2 Å². The van der Waals surface area contributed by atoms with Gasteiger partial charge in [-0.2, -0.15) is 0 Å². The summed E-state index contributed by atoms with van der Waals surface area (Å²) in [6.45, 7) is 7.87. The number of carbonyl (C=O) groups is 1. The van der Waals surface area contributed by atoms with E-state index in [1.165, 1.54) is 0 Å². The third-order valence-corrected chi connectivity index (χ3v) is 4.88. The molecule has 0 atom stereocenters. The number of methoxy groups -OCH3 is 1. The summed E-state index contributed by atoms with van der Waals surface area (Å²) in [5.74, 6) is 3.07. The van der Waals surface area contributed by atoms with Gasteiger partial charge in [-0.25, -0.2) is 9.97 Å². The Morgan fingerprint density at radius 3 is 2.23 bits per heavy atom. The van der Waals surface area contributed by atoms with E-state index in [1.54, 1.807) is 7.11 Å². The number of aromatic nitrogens is 2. The number of amides is 1. The molecule has 0 aliphatic rings. The molecule has 0 aliphatic carbocycles. The number of hydrogen-bond donors (Lipinski definition) is 2. The largest absolute Gasteiger partial charge is 0.497 e.